The summed E-state index contributed by atoms with van der Waals surface area (Å²) in [4.78, 5) is 36.7. The van der Waals surface area contributed by atoms with Gasteiger partial charge in [-0.1, -0.05) is 80.8 Å². The fourth-order valence-corrected chi connectivity index (χ4v) is 14.2. The number of aryl methyl sites for hydroxylation is 1. The average Bonchev–Trinajstić information content (AvgIpc) is 3.53. The van der Waals surface area contributed by atoms with Gasteiger partial charge in [0.25, 0.3) is 0 Å². The van der Waals surface area contributed by atoms with Gasteiger partial charge in [-0.25, -0.2) is 4.98 Å². The van der Waals surface area contributed by atoms with Gasteiger partial charge in [-0.05, 0) is 92.5 Å². The molecule has 0 spiro atoms. The van der Waals surface area contributed by atoms with Gasteiger partial charge in [0.05, 0.1) is 41.5 Å². The van der Waals surface area contributed by atoms with E-state index in [1.165, 1.54) is 11.3 Å². The highest BCUT2D eigenvalue weighted by atomic mass is 32.1. The zero-order chi connectivity index (χ0) is 38.6. The highest BCUT2D eigenvalue weighted by Gasteiger charge is 2.48. The smallest absolute Gasteiger partial charge is 0.309 e. The van der Waals surface area contributed by atoms with Crippen LogP contribution in [0.2, 0.25) is 36.3 Å². The van der Waals surface area contributed by atoms with Gasteiger partial charge < -0.3 is 18.7 Å². The van der Waals surface area contributed by atoms with Crippen LogP contribution in [0, 0.1) is 24.2 Å². The van der Waals surface area contributed by atoms with E-state index in [0.717, 1.165) is 59.0 Å². The molecule has 1 N–H and O–H groups in total. The fraction of sp³-hybridized carbons (Fsp3) is 0.816. The van der Waals surface area contributed by atoms with Crippen molar-refractivity contribution < 1.29 is 28.3 Å². The van der Waals surface area contributed by atoms with Gasteiger partial charge in [-0.2, -0.15) is 0 Å². The standard InChI is InChI=1S/C38H68N4O6SSi2/c1-13-50(14-2,15-3)47-34-24-35(44)46-33(27(8)22-30-25-49-29(10)40-30)23-31(41-42-39)32(43)21-19-20-26(7)36(28(9)37(45)38(34,11)12)48-51(16-4,17-5)18-6/h22,25-26,28,31-34,36,43H,13-21,23-24H2,1-12H3/t26-,28+,31-,32+,33?,34-,36-/m0/s1. The lowest BCUT2D eigenvalue weighted by atomic mass is 9.73. The molecule has 1 aromatic heterocycles. The van der Waals surface area contributed by atoms with Crippen molar-refractivity contribution in [2.45, 2.75) is 182 Å². The molecule has 0 saturated carbocycles. The van der Waals surface area contributed by atoms with Gasteiger partial charge >= 0.3 is 5.97 Å². The molecule has 1 saturated heterocycles. The normalized spacial score (nSPS) is 27.9. The Morgan fingerprint density at radius 3 is 2.14 bits per heavy atom. The van der Waals surface area contributed by atoms with Crippen LogP contribution in [-0.2, 0) is 23.2 Å². The van der Waals surface area contributed by atoms with Crippen molar-refractivity contribution in [1.82, 2.24) is 4.98 Å². The van der Waals surface area contributed by atoms with Crippen LogP contribution in [-0.4, -0.2) is 68.9 Å². The topological polar surface area (TPSA) is 144 Å². The molecule has 0 aromatic carbocycles. The third-order valence-electron chi connectivity index (χ3n) is 12.0. The fourth-order valence-electron chi connectivity index (χ4n) is 7.67. The molecule has 0 amide bonds. The largest absolute Gasteiger partial charge is 0.458 e. The highest BCUT2D eigenvalue weighted by Crippen LogP contribution is 2.40. The zero-order valence-corrected chi connectivity index (χ0v) is 36.5. The first kappa shape index (κ1) is 45.3. The number of aromatic nitrogens is 1. The molecule has 1 fully saturated rings. The third kappa shape index (κ3) is 12.1. The summed E-state index contributed by atoms with van der Waals surface area (Å²) in [7, 11) is -4.41. The Kier molecular flexibility index (Phi) is 18.3. The number of ketones is 1. The Morgan fingerprint density at radius 2 is 1.63 bits per heavy atom. The van der Waals surface area contributed by atoms with Crippen molar-refractivity contribution in [3.05, 3.63) is 32.1 Å². The number of hydrogen-bond acceptors (Lipinski definition) is 9. The summed E-state index contributed by atoms with van der Waals surface area (Å²) < 4.78 is 20.5. The first-order valence-corrected chi connectivity index (χ1v) is 25.4. The number of aliphatic hydroxyl groups excluding tert-OH is 1. The van der Waals surface area contributed by atoms with Gasteiger partial charge in [-0.15, -0.1) is 11.3 Å². The summed E-state index contributed by atoms with van der Waals surface area (Å²) in [6.07, 6.45) is 0.938. The van der Waals surface area contributed by atoms with Gasteiger partial charge in [-0.3, -0.25) is 9.59 Å². The molecule has 1 aliphatic heterocycles. The van der Waals surface area contributed by atoms with Crippen LogP contribution in [0.3, 0.4) is 0 Å². The molecule has 51 heavy (non-hydrogen) atoms. The molecule has 0 aliphatic carbocycles. The van der Waals surface area contributed by atoms with Crippen molar-refractivity contribution in [3.8, 4) is 0 Å². The van der Waals surface area contributed by atoms with Gasteiger partial charge in [0.1, 0.15) is 11.9 Å². The van der Waals surface area contributed by atoms with E-state index < -0.39 is 58.3 Å². The number of aliphatic hydroxyl groups is 1. The molecule has 2 rings (SSSR count). The Hall–Kier alpha value is -1.87. The second-order valence-corrected chi connectivity index (χ2v) is 25.9. The van der Waals surface area contributed by atoms with Crippen molar-refractivity contribution >= 4 is 45.8 Å². The summed E-state index contributed by atoms with van der Waals surface area (Å²) >= 11 is 1.53. The van der Waals surface area contributed by atoms with Crippen LogP contribution in [0.15, 0.2) is 16.1 Å². The molecular weight excluding hydrogens is 697 g/mol. The summed E-state index contributed by atoms with van der Waals surface area (Å²) in [5.41, 5.74) is 10.00. The van der Waals surface area contributed by atoms with E-state index in [0.29, 0.717) is 12.8 Å². The number of Topliss-reactive ketones (excluding diaryl/α,β-unsaturated/α-hetero) is 1. The Bertz CT molecular complexity index is 1320. The summed E-state index contributed by atoms with van der Waals surface area (Å²) in [6, 6.07) is 4.69. The lowest BCUT2D eigenvalue weighted by molar-refractivity contribution is -0.154. The van der Waals surface area contributed by atoms with E-state index in [4.69, 9.17) is 13.6 Å². The van der Waals surface area contributed by atoms with Crippen LogP contribution in [0.5, 0.6) is 0 Å². The van der Waals surface area contributed by atoms with Crippen molar-refractivity contribution in [2.75, 3.05) is 0 Å². The number of carbonyl (C=O) groups is 2. The monoisotopic (exact) mass is 764 g/mol. The van der Waals surface area contributed by atoms with E-state index in [1.807, 2.05) is 46.1 Å². The van der Waals surface area contributed by atoms with Crippen LogP contribution >= 0.6 is 11.3 Å². The molecule has 7 atom stereocenters. The van der Waals surface area contributed by atoms with Crippen molar-refractivity contribution in [1.29, 1.82) is 0 Å². The summed E-state index contributed by atoms with van der Waals surface area (Å²) in [6.45, 7) is 24.8. The first-order chi connectivity index (χ1) is 24.0. The number of hydrogen-bond donors (Lipinski definition) is 1. The molecule has 13 heteroatoms. The second kappa shape index (κ2) is 20.6. The molecule has 290 valence electrons. The molecule has 10 nitrogen and oxygen atoms in total. The SMILES string of the molecule is CC[Si](CC)(CC)O[C@H]1[C@@H](C)CCC[C@@H](O)[C@@H](N=[N+]=[N-])CC(C(C)=Cc2csc(C)n2)OC(=O)C[C@H](O[Si](CC)(CC)CC)C(C)(C)C(=O)[C@@H]1C. The molecule has 1 aromatic rings. The van der Waals surface area contributed by atoms with E-state index >= 15 is 0 Å². The van der Waals surface area contributed by atoms with Gasteiger partial charge in [0.15, 0.2) is 16.6 Å². The number of rotatable bonds is 13. The van der Waals surface area contributed by atoms with E-state index in [-0.39, 0.29) is 30.6 Å². The van der Waals surface area contributed by atoms with E-state index in [2.05, 4.69) is 63.5 Å². The number of carbonyl (C=O) groups excluding carboxylic acids is 2. The molecule has 1 aliphatic rings. The number of azide groups is 1. The Labute approximate surface area is 314 Å². The minimum absolute atomic E-state index is 0.0357. The minimum Gasteiger partial charge on any atom is -0.458 e. The van der Waals surface area contributed by atoms with E-state index in [1.54, 1.807) is 0 Å². The highest BCUT2D eigenvalue weighted by molar-refractivity contribution is 7.09. The number of ether oxygens (including phenoxy) is 1. The molecule has 0 bridgehead atoms. The predicted molar refractivity (Wildman–Crippen MR) is 214 cm³/mol. The number of thiazole rings is 1. The molecule has 0 radical (unpaired) electrons. The van der Waals surface area contributed by atoms with Gasteiger partial charge in [0.2, 0.25) is 0 Å². The molecule has 1 unspecified atom stereocenters. The van der Waals surface area contributed by atoms with Crippen molar-refractivity contribution in [2.24, 2.45) is 22.4 Å². The summed E-state index contributed by atoms with van der Waals surface area (Å²) in [5.74, 6) is -0.864. The van der Waals surface area contributed by atoms with Crippen LogP contribution in [0.4, 0.5) is 0 Å². The third-order valence-corrected chi connectivity index (χ3v) is 22.0. The Balaban J connectivity index is 2.74. The van der Waals surface area contributed by atoms with Crippen LogP contribution in [0.1, 0.15) is 119 Å². The van der Waals surface area contributed by atoms with Crippen molar-refractivity contribution in [3.63, 3.8) is 0 Å². The number of esters is 1. The summed E-state index contributed by atoms with van der Waals surface area (Å²) in [5, 5.41) is 18.3. The van der Waals surface area contributed by atoms with E-state index in [9.17, 15) is 20.2 Å². The second-order valence-electron chi connectivity index (χ2n) is 15.4. The molecular formula is C38H68N4O6SSi2. The number of cyclic esters (lactones) is 1. The van der Waals surface area contributed by atoms with Gasteiger partial charge in [0, 0.05) is 21.6 Å². The first-order valence-electron chi connectivity index (χ1n) is 19.4. The quantitative estimate of drug-likeness (QED) is 0.0692. The maximum atomic E-state index is 14.9. The minimum atomic E-state index is -2.29. The molecule has 2 heterocycles. The number of nitrogens with zero attached hydrogens (tertiary/aromatic N) is 4. The Morgan fingerprint density at radius 1 is 1.06 bits per heavy atom. The maximum Gasteiger partial charge on any atom is 0.309 e. The lowest BCUT2D eigenvalue weighted by Crippen LogP contribution is -2.53. The average molecular weight is 765 g/mol. The van der Waals surface area contributed by atoms with Crippen LogP contribution < -0.4 is 0 Å². The lowest BCUT2D eigenvalue weighted by Gasteiger charge is -2.44. The van der Waals surface area contributed by atoms with Crippen LogP contribution in [0.25, 0.3) is 16.5 Å². The maximum absolute atomic E-state index is 14.9. The predicted octanol–water partition coefficient (Wildman–Crippen LogP) is 10.4. The zero-order valence-electron chi connectivity index (χ0n) is 33.7.